The summed E-state index contributed by atoms with van der Waals surface area (Å²) >= 11 is 0. The Hall–Kier alpha value is -0.830. The second-order valence-corrected chi connectivity index (χ2v) is 5.22. The smallest absolute Gasteiger partial charge is 0.112 e. The van der Waals surface area contributed by atoms with Crippen molar-refractivity contribution in [3.63, 3.8) is 0 Å². The zero-order chi connectivity index (χ0) is 12.1. The first-order valence-corrected chi connectivity index (χ1v) is 7.08. The van der Waals surface area contributed by atoms with Gasteiger partial charge in [-0.25, -0.2) is 4.98 Å². The van der Waals surface area contributed by atoms with Gasteiger partial charge in [0.2, 0.25) is 0 Å². The molecule has 0 bridgehead atoms. The van der Waals surface area contributed by atoms with E-state index in [4.69, 9.17) is 5.73 Å². The molecular weight excluding hydrogens is 210 g/mol. The van der Waals surface area contributed by atoms with Crippen LogP contribution in [0, 0.1) is 5.92 Å². The average molecular weight is 235 g/mol. The maximum Gasteiger partial charge on any atom is 0.112 e. The van der Waals surface area contributed by atoms with Crippen LogP contribution in [0.1, 0.15) is 57.2 Å². The number of nitrogens with zero attached hydrogens (tertiary/aromatic N) is 2. The fourth-order valence-corrected chi connectivity index (χ4v) is 3.09. The molecule has 2 rings (SSSR count). The van der Waals surface area contributed by atoms with Crippen LogP contribution in [-0.4, -0.2) is 16.1 Å². The molecule has 1 saturated carbocycles. The molecule has 1 aliphatic rings. The molecule has 1 heterocycles. The largest absolute Gasteiger partial charge is 0.335 e. The first-order valence-electron chi connectivity index (χ1n) is 7.08. The van der Waals surface area contributed by atoms with Gasteiger partial charge in [0.15, 0.2) is 0 Å². The third-order valence-electron chi connectivity index (χ3n) is 4.01. The lowest BCUT2D eigenvalue weighted by molar-refractivity contribution is 0.381. The van der Waals surface area contributed by atoms with Gasteiger partial charge in [-0.1, -0.05) is 26.2 Å². The van der Waals surface area contributed by atoms with E-state index >= 15 is 0 Å². The van der Waals surface area contributed by atoms with Crippen LogP contribution in [-0.2, 0) is 6.54 Å². The van der Waals surface area contributed by atoms with Crippen LogP contribution in [0.5, 0.6) is 0 Å². The van der Waals surface area contributed by atoms with Crippen LogP contribution in [0.15, 0.2) is 12.4 Å². The van der Waals surface area contributed by atoms with Crippen molar-refractivity contribution in [2.24, 2.45) is 11.7 Å². The van der Waals surface area contributed by atoms with Gasteiger partial charge in [-0.05, 0) is 31.7 Å². The molecule has 1 fully saturated rings. The molecule has 2 unspecified atom stereocenters. The van der Waals surface area contributed by atoms with Crippen LogP contribution < -0.4 is 5.73 Å². The predicted octanol–water partition coefficient (Wildman–Crippen LogP) is 2.92. The first-order chi connectivity index (χ1) is 8.36. The van der Waals surface area contributed by atoms with Crippen molar-refractivity contribution in [3.8, 4) is 0 Å². The van der Waals surface area contributed by atoms with Crippen LogP contribution in [0.4, 0.5) is 0 Å². The van der Waals surface area contributed by atoms with Crippen molar-refractivity contribution in [1.29, 1.82) is 0 Å². The van der Waals surface area contributed by atoms with E-state index in [0.29, 0.717) is 11.8 Å². The van der Waals surface area contributed by atoms with E-state index in [1.165, 1.54) is 44.3 Å². The monoisotopic (exact) mass is 235 g/mol. The summed E-state index contributed by atoms with van der Waals surface area (Å²) in [6, 6.07) is 0. The average Bonchev–Trinajstić information content (AvgIpc) is 2.66. The van der Waals surface area contributed by atoms with Gasteiger partial charge < -0.3 is 10.3 Å². The fourth-order valence-electron chi connectivity index (χ4n) is 3.09. The topological polar surface area (TPSA) is 43.8 Å². The number of rotatable bonds is 4. The van der Waals surface area contributed by atoms with E-state index in [0.717, 1.165) is 13.1 Å². The molecule has 1 aromatic rings. The number of imidazole rings is 1. The molecule has 3 nitrogen and oxygen atoms in total. The quantitative estimate of drug-likeness (QED) is 0.815. The summed E-state index contributed by atoms with van der Waals surface area (Å²) in [4.78, 5) is 4.61. The Kier molecular flexibility index (Phi) is 4.60. The van der Waals surface area contributed by atoms with Crippen molar-refractivity contribution >= 4 is 0 Å². The zero-order valence-electron chi connectivity index (χ0n) is 10.9. The van der Waals surface area contributed by atoms with Crippen LogP contribution in [0.2, 0.25) is 0 Å². The SMILES string of the molecule is CCCn1ccnc1C1CCCCCC1CN. The Morgan fingerprint density at radius 3 is 2.94 bits per heavy atom. The molecular formula is C14H25N3. The van der Waals surface area contributed by atoms with Crippen LogP contribution in [0.25, 0.3) is 0 Å². The number of hydrogen-bond donors (Lipinski definition) is 1. The fraction of sp³-hybridized carbons (Fsp3) is 0.786. The molecule has 0 amide bonds. The lowest BCUT2D eigenvalue weighted by Crippen LogP contribution is -2.23. The van der Waals surface area contributed by atoms with Gasteiger partial charge in [0.25, 0.3) is 0 Å². The summed E-state index contributed by atoms with van der Waals surface area (Å²) in [5, 5.41) is 0. The van der Waals surface area contributed by atoms with E-state index in [9.17, 15) is 0 Å². The molecule has 0 aliphatic heterocycles. The normalized spacial score (nSPS) is 25.8. The van der Waals surface area contributed by atoms with Gasteiger partial charge in [0.05, 0.1) is 0 Å². The molecule has 1 aliphatic carbocycles. The number of aryl methyl sites for hydroxylation is 1. The van der Waals surface area contributed by atoms with E-state index in [-0.39, 0.29) is 0 Å². The summed E-state index contributed by atoms with van der Waals surface area (Å²) in [5.74, 6) is 2.50. The summed E-state index contributed by atoms with van der Waals surface area (Å²) < 4.78 is 2.33. The summed E-state index contributed by atoms with van der Waals surface area (Å²) in [6.45, 7) is 4.12. The number of hydrogen-bond acceptors (Lipinski definition) is 2. The van der Waals surface area contributed by atoms with Crippen LogP contribution >= 0.6 is 0 Å². The Bertz CT molecular complexity index is 332. The minimum Gasteiger partial charge on any atom is -0.335 e. The lowest BCUT2D eigenvalue weighted by Gasteiger charge is -2.24. The standard InChI is InChI=1S/C14H25N3/c1-2-9-17-10-8-16-14(17)13-7-5-3-4-6-12(13)11-15/h8,10,12-13H,2-7,9,11,15H2,1H3. The van der Waals surface area contributed by atoms with E-state index in [1.807, 2.05) is 6.20 Å². The highest BCUT2D eigenvalue weighted by Crippen LogP contribution is 2.35. The van der Waals surface area contributed by atoms with Crippen molar-refractivity contribution < 1.29 is 0 Å². The Morgan fingerprint density at radius 1 is 1.35 bits per heavy atom. The highest BCUT2D eigenvalue weighted by molar-refractivity contribution is 5.04. The van der Waals surface area contributed by atoms with Gasteiger partial charge in [-0.15, -0.1) is 0 Å². The minimum absolute atomic E-state index is 0.587. The molecule has 0 aromatic carbocycles. The van der Waals surface area contributed by atoms with Gasteiger partial charge in [0.1, 0.15) is 5.82 Å². The van der Waals surface area contributed by atoms with Gasteiger partial charge >= 0.3 is 0 Å². The number of nitrogens with two attached hydrogens (primary N) is 1. The highest BCUT2D eigenvalue weighted by Gasteiger charge is 2.27. The summed E-state index contributed by atoms with van der Waals surface area (Å²) in [6.07, 6.45) is 11.8. The molecule has 96 valence electrons. The Morgan fingerprint density at radius 2 is 2.18 bits per heavy atom. The highest BCUT2D eigenvalue weighted by atomic mass is 15.1. The van der Waals surface area contributed by atoms with E-state index in [1.54, 1.807) is 0 Å². The first kappa shape index (κ1) is 12.6. The molecule has 2 atom stereocenters. The summed E-state index contributed by atoms with van der Waals surface area (Å²) in [7, 11) is 0. The van der Waals surface area contributed by atoms with Crippen molar-refractivity contribution in [1.82, 2.24) is 9.55 Å². The molecule has 17 heavy (non-hydrogen) atoms. The molecule has 1 aromatic heterocycles. The van der Waals surface area contributed by atoms with E-state index < -0.39 is 0 Å². The lowest BCUT2D eigenvalue weighted by atomic mass is 9.87. The molecule has 2 N–H and O–H groups in total. The third-order valence-corrected chi connectivity index (χ3v) is 4.01. The summed E-state index contributed by atoms with van der Waals surface area (Å²) in [5.41, 5.74) is 5.96. The minimum atomic E-state index is 0.587. The van der Waals surface area contributed by atoms with Crippen molar-refractivity contribution in [2.45, 2.75) is 57.9 Å². The molecule has 0 spiro atoms. The van der Waals surface area contributed by atoms with Crippen LogP contribution in [0.3, 0.4) is 0 Å². The predicted molar refractivity (Wildman–Crippen MR) is 70.9 cm³/mol. The molecule has 3 heteroatoms. The number of aromatic nitrogens is 2. The molecule has 0 saturated heterocycles. The Labute approximate surface area is 104 Å². The van der Waals surface area contributed by atoms with Gasteiger partial charge in [0, 0.05) is 24.9 Å². The Balaban J connectivity index is 2.19. The van der Waals surface area contributed by atoms with Gasteiger partial charge in [-0.2, -0.15) is 0 Å². The van der Waals surface area contributed by atoms with Crippen molar-refractivity contribution in [3.05, 3.63) is 18.2 Å². The maximum atomic E-state index is 5.96. The third kappa shape index (κ3) is 2.89. The molecule has 0 radical (unpaired) electrons. The second-order valence-electron chi connectivity index (χ2n) is 5.22. The van der Waals surface area contributed by atoms with Crippen molar-refractivity contribution in [2.75, 3.05) is 6.54 Å². The van der Waals surface area contributed by atoms with E-state index in [2.05, 4.69) is 22.7 Å². The second kappa shape index (κ2) is 6.20. The van der Waals surface area contributed by atoms with Gasteiger partial charge in [-0.3, -0.25) is 0 Å². The zero-order valence-corrected chi connectivity index (χ0v) is 10.9. The maximum absolute atomic E-state index is 5.96.